The zero-order valence-corrected chi connectivity index (χ0v) is 32.1. The van der Waals surface area contributed by atoms with E-state index in [-0.39, 0.29) is 52.2 Å². The number of carbonyl (C=O) groups is 4. The molecule has 8 rings (SSSR count). The molecule has 57 heavy (non-hydrogen) atoms. The van der Waals surface area contributed by atoms with Crippen LogP contribution in [0.3, 0.4) is 0 Å². The number of halogens is 2. The van der Waals surface area contributed by atoms with E-state index in [4.69, 9.17) is 37.4 Å². The highest BCUT2D eigenvalue weighted by Crippen LogP contribution is 2.65. The number of non-ortho nitro benzene ring substituents is 1. The Morgan fingerprint density at radius 1 is 0.842 bits per heavy atom. The quantitative estimate of drug-likeness (QED) is 0.0784. The second kappa shape index (κ2) is 14.1. The van der Waals surface area contributed by atoms with Crippen molar-refractivity contribution in [3.8, 4) is 23.0 Å². The Hall–Kier alpha value is -6.12. The van der Waals surface area contributed by atoms with Crippen molar-refractivity contribution in [2.24, 2.45) is 23.7 Å². The molecule has 2 aliphatic carbocycles. The predicted molar refractivity (Wildman–Crippen MR) is 207 cm³/mol. The van der Waals surface area contributed by atoms with E-state index in [0.717, 1.165) is 9.91 Å². The largest absolute Gasteiger partial charge is 0.502 e. The number of hydrazine groups is 1. The Balaban J connectivity index is 1.34. The number of methoxy groups -OCH3 is 3. The lowest BCUT2D eigenvalue weighted by atomic mass is 9.49. The summed E-state index contributed by atoms with van der Waals surface area (Å²) in [5.41, 5.74) is 3.04. The number of benzene rings is 4. The van der Waals surface area contributed by atoms with E-state index >= 15 is 9.59 Å². The molecule has 2 N–H and O–H groups in total. The summed E-state index contributed by atoms with van der Waals surface area (Å²) in [7, 11) is 4.25. The van der Waals surface area contributed by atoms with E-state index in [1.165, 1.54) is 51.7 Å². The van der Waals surface area contributed by atoms with Gasteiger partial charge in [0.25, 0.3) is 17.5 Å². The van der Waals surface area contributed by atoms with Gasteiger partial charge in [-0.3, -0.25) is 39.6 Å². The summed E-state index contributed by atoms with van der Waals surface area (Å²) in [5, 5.41) is 23.8. The number of nitrogens with zero attached hydrogens (tertiary/aromatic N) is 3. The van der Waals surface area contributed by atoms with Crippen molar-refractivity contribution in [3.05, 3.63) is 122 Å². The molecule has 6 atom stereocenters. The van der Waals surface area contributed by atoms with Gasteiger partial charge in [0.05, 0.1) is 65.8 Å². The van der Waals surface area contributed by atoms with E-state index in [1.807, 2.05) is 6.08 Å². The van der Waals surface area contributed by atoms with Crippen molar-refractivity contribution in [3.63, 3.8) is 0 Å². The maximum absolute atomic E-state index is 15.5. The third-order valence-corrected chi connectivity index (χ3v) is 12.3. The number of hydrogen-bond acceptors (Lipinski definition) is 11. The molecule has 0 spiro atoms. The molecule has 0 bridgehead atoms. The van der Waals surface area contributed by atoms with Gasteiger partial charge in [-0.1, -0.05) is 47.0 Å². The third kappa shape index (κ3) is 5.68. The first-order valence-electron chi connectivity index (χ1n) is 17.9. The van der Waals surface area contributed by atoms with Crippen molar-refractivity contribution in [2.75, 3.05) is 31.7 Å². The third-order valence-electron chi connectivity index (χ3n) is 11.7. The number of anilines is 2. The summed E-state index contributed by atoms with van der Waals surface area (Å²) in [6.07, 6.45) is 1.99. The molecule has 3 fully saturated rings. The van der Waals surface area contributed by atoms with Crippen molar-refractivity contribution >= 4 is 63.9 Å². The average Bonchev–Trinajstić information content (AvgIpc) is 3.59. The lowest BCUT2D eigenvalue weighted by Crippen LogP contribution is -2.53. The van der Waals surface area contributed by atoms with Gasteiger partial charge in [-0.15, -0.1) is 0 Å². The number of amides is 4. The van der Waals surface area contributed by atoms with Crippen LogP contribution in [-0.4, -0.2) is 60.0 Å². The Bertz CT molecular complexity index is 2380. The molecule has 0 radical (unpaired) electrons. The summed E-state index contributed by atoms with van der Waals surface area (Å²) in [4.78, 5) is 71.1. The van der Waals surface area contributed by atoms with E-state index in [0.29, 0.717) is 27.5 Å². The molecular weight excluding hydrogens is 779 g/mol. The van der Waals surface area contributed by atoms with Gasteiger partial charge in [0.2, 0.25) is 17.6 Å². The molecule has 0 aromatic heterocycles. The summed E-state index contributed by atoms with van der Waals surface area (Å²) in [6, 6.07) is 19.7. The van der Waals surface area contributed by atoms with Crippen LogP contribution in [0.15, 0.2) is 90.5 Å². The Morgan fingerprint density at radius 3 is 2.11 bits per heavy atom. The predicted octanol–water partition coefficient (Wildman–Crippen LogP) is 6.82. The van der Waals surface area contributed by atoms with E-state index in [2.05, 4.69) is 5.43 Å². The monoisotopic (exact) mass is 812 g/mol. The summed E-state index contributed by atoms with van der Waals surface area (Å²) < 4.78 is 16.6. The average molecular weight is 814 g/mol. The smallest absolute Gasteiger partial charge is 0.269 e. The van der Waals surface area contributed by atoms with Gasteiger partial charge in [-0.25, -0.2) is 0 Å². The number of carbonyl (C=O) groups excluding carboxylic acids is 4. The second-order valence-corrected chi connectivity index (χ2v) is 15.1. The maximum Gasteiger partial charge on any atom is 0.269 e. The molecule has 2 heterocycles. The van der Waals surface area contributed by atoms with Gasteiger partial charge in [0, 0.05) is 23.1 Å². The van der Waals surface area contributed by atoms with Gasteiger partial charge in [-0.2, -0.15) is 5.01 Å². The molecule has 1 saturated carbocycles. The number of imide groups is 2. The van der Waals surface area contributed by atoms with Gasteiger partial charge in [0.15, 0.2) is 11.5 Å². The van der Waals surface area contributed by atoms with Crippen LogP contribution >= 0.6 is 23.2 Å². The van der Waals surface area contributed by atoms with Crippen molar-refractivity contribution in [2.45, 2.75) is 24.2 Å². The minimum atomic E-state index is -1.68. The number of hydrogen-bond donors (Lipinski definition) is 2. The molecule has 4 aliphatic rings. The number of nitro groups is 1. The standard InChI is InChI=1S/C41H34Cl2N4O10/c1-55-25-11-4-21(5-12-25)41-29(38(50)46(40(41)52)44-31-15-6-22(42)18-30(31)43)19-28-26(35(41)20-16-32(56-2)36(48)33(17-20)57-3)13-14-27-34(28)39(51)45(37(27)49)23-7-9-24(10-8-23)47(53)54/h4-13,15-18,27-29,34-35,44,48H,14,19H2,1-3H3. The highest BCUT2D eigenvalue weighted by Gasteiger charge is 2.70. The van der Waals surface area contributed by atoms with Crippen LogP contribution in [0.5, 0.6) is 23.0 Å². The van der Waals surface area contributed by atoms with Crippen LogP contribution in [0, 0.1) is 33.8 Å². The minimum absolute atomic E-state index is 0.00783. The maximum atomic E-state index is 15.5. The van der Waals surface area contributed by atoms with Gasteiger partial charge in [0.1, 0.15) is 5.75 Å². The van der Waals surface area contributed by atoms with E-state index in [1.54, 1.807) is 48.5 Å². The van der Waals surface area contributed by atoms with Crippen molar-refractivity contribution < 1.29 is 43.4 Å². The number of nitro benzene ring substituents is 1. The van der Waals surface area contributed by atoms with Crippen LogP contribution in [0.4, 0.5) is 17.1 Å². The van der Waals surface area contributed by atoms with Crippen LogP contribution < -0.4 is 24.5 Å². The zero-order chi connectivity index (χ0) is 40.5. The lowest BCUT2D eigenvalue weighted by Gasteiger charge is -2.50. The van der Waals surface area contributed by atoms with Gasteiger partial charge < -0.3 is 19.3 Å². The number of phenols is 1. The van der Waals surface area contributed by atoms with Gasteiger partial charge in [-0.05, 0) is 84.5 Å². The fourth-order valence-corrected chi connectivity index (χ4v) is 9.73. The SMILES string of the molecule is COc1ccc(C23C(=O)N(Nc4ccc(Cl)cc4Cl)C(=O)C2CC2C(=CCC4C(=O)N(c5ccc([N+](=O)[O-])cc5)C(=O)C42)C3c2cc(OC)c(O)c(OC)c2)cc1. The molecule has 292 valence electrons. The highest BCUT2D eigenvalue weighted by molar-refractivity contribution is 6.36. The topological polar surface area (TPSA) is 178 Å². The Morgan fingerprint density at radius 2 is 1.51 bits per heavy atom. The van der Waals surface area contributed by atoms with Crippen LogP contribution in [-0.2, 0) is 24.6 Å². The Labute approximate surface area is 335 Å². The number of rotatable bonds is 9. The number of allylic oxidation sites excluding steroid dienone is 2. The molecule has 14 nitrogen and oxygen atoms in total. The molecule has 6 unspecified atom stereocenters. The molecule has 2 aliphatic heterocycles. The number of phenolic OH excluding ortho intramolecular Hbond substituents is 1. The molecule has 4 aromatic carbocycles. The minimum Gasteiger partial charge on any atom is -0.502 e. The molecule has 2 saturated heterocycles. The van der Waals surface area contributed by atoms with Crippen LogP contribution in [0.1, 0.15) is 29.9 Å². The summed E-state index contributed by atoms with van der Waals surface area (Å²) in [5.74, 6) is -6.51. The first-order valence-corrected chi connectivity index (χ1v) is 18.6. The number of aromatic hydroxyl groups is 1. The fraction of sp³-hybridized carbons (Fsp3) is 0.268. The van der Waals surface area contributed by atoms with Crippen LogP contribution in [0.2, 0.25) is 10.0 Å². The molecule has 4 aromatic rings. The second-order valence-electron chi connectivity index (χ2n) is 14.3. The number of fused-ring (bicyclic) bond motifs is 4. The first kappa shape index (κ1) is 37.8. The zero-order valence-electron chi connectivity index (χ0n) is 30.6. The lowest BCUT2D eigenvalue weighted by molar-refractivity contribution is -0.384. The summed E-state index contributed by atoms with van der Waals surface area (Å²) in [6.45, 7) is 0. The number of ether oxygens (including phenoxy) is 3. The summed E-state index contributed by atoms with van der Waals surface area (Å²) >= 11 is 12.7. The molecule has 4 amide bonds. The van der Waals surface area contributed by atoms with Gasteiger partial charge >= 0.3 is 0 Å². The normalized spacial score (nSPS) is 25.1. The van der Waals surface area contributed by atoms with Crippen molar-refractivity contribution in [1.29, 1.82) is 0 Å². The fourth-order valence-electron chi connectivity index (χ4n) is 9.28. The first-order chi connectivity index (χ1) is 27.3. The van der Waals surface area contributed by atoms with Crippen LogP contribution in [0.25, 0.3) is 0 Å². The van der Waals surface area contributed by atoms with Crippen molar-refractivity contribution in [1.82, 2.24) is 5.01 Å². The molecule has 16 heteroatoms. The highest BCUT2D eigenvalue weighted by atomic mass is 35.5. The Kier molecular flexibility index (Phi) is 9.36. The van der Waals surface area contributed by atoms with E-state index < -0.39 is 63.6 Å². The number of nitrogens with one attached hydrogen (secondary N) is 1. The molecular formula is C41H34Cl2N4O10. The van der Waals surface area contributed by atoms with E-state index in [9.17, 15) is 24.8 Å².